The second-order valence-corrected chi connectivity index (χ2v) is 13.0. The number of likely N-dealkylation sites (tertiary alicyclic amines) is 1. The molecule has 0 aliphatic carbocycles. The first-order valence-corrected chi connectivity index (χ1v) is 15.5. The Bertz CT molecular complexity index is 1060. The summed E-state index contributed by atoms with van der Waals surface area (Å²) in [6.45, 7) is 16.1. The highest BCUT2D eigenvalue weighted by atomic mass is 16.5. The lowest BCUT2D eigenvalue weighted by Gasteiger charge is -2.36. The third-order valence-electron chi connectivity index (χ3n) is 7.76. The van der Waals surface area contributed by atoms with Crippen molar-refractivity contribution in [2.45, 2.75) is 92.7 Å². The molecule has 0 spiro atoms. The van der Waals surface area contributed by atoms with E-state index in [1.807, 2.05) is 49.1 Å². The molecule has 2 amide bonds. The summed E-state index contributed by atoms with van der Waals surface area (Å²) in [7, 11) is 0. The summed E-state index contributed by atoms with van der Waals surface area (Å²) < 4.78 is 5.95. The fourth-order valence-corrected chi connectivity index (χ4v) is 5.35. The molecule has 7 heteroatoms. The third kappa shape index (κ3) is 10.7. The average molecular weight is 565 g/mol. The number of benzene rings is 1. The molecule has 1 saturated heterocycles. The van der Waals surface area contributed by atoms with Gasteiger partial charge in [-0.05, 0) is 73.9 Å². The largest absolute Gasteiger partial charge is 0.487 e. The number of ketones is 1. The molecule has 2 aromatic rings. The van der Waals surface area contributed by atoms with Gasteiger partial charge in [-0.15, -0.1) is 0 Å². The number of nitrogens with one attached hydrogen (secondary N) is 1. The predicted molar refractivity (Wildman–Crippen MR) is 167 cm³/mol. The van der Waals surface area contributed by atoms with Crippen LogP contribution < -0.4 is 15.0 Å². The molecule has 3 rings (SSSR count). The van der Waals surface area contributed by atoms with E-state index < -0.39 is 11.5 Å². The molecule has 1 aromatic heterocycles. The van der Waals surface area contributed by atoms with E-state index in [0.29, 0.717) is 31.4 Å². The van der Waals surface area contributed by atoms with Crippen LogP contribution in [0, 0.1) is 17.3 Å². The number of pyridine rings is 1. The molecule has 0 radical (unpaired) electrons. The Hall–Kier alpha value is -3.09. The highest BCUT2D eigenvalue weighted by Gasteiger charge is 2.37. The Morgan fingerprint density at radius 3 is 2.24 bits per heavy atom. The van der Waals surface area contributed by atoms with Crippen molar-refractivity contribution in [2.75, 3.05) is 31.1 Å². The lowest BCUT2D eigenvalue weighted by atomic mass is 9.81. The molecule has 1 unspecified atom stereocenters. The smallest absolute Gasteiger partial charge is 0.317 e. The maximum absolute atomic E-state index is 14.1. The molecule has 7 nitrogen and oxygen atoms in total. The Balaban J connectivity index is 1.72. The van der Waals surface area contributed by atoms with Gasteiger partial charge in [0.1, 0.15) is 12.4 Å². The van der Waals surface area contributed by atoms with E-state index in [1.54, 1.807) is 6.20 Å². The van der Waals surface area contributed by atoms with Gasteiger partial charge < -0.3 is 19.9 Å². The number of ether oxygens (including phenoxy) is 1. The van der Waals surface area contributed by atoms with E-state index in [4.69, 9.17) is 4.74 Å². The van der Waals surface area contributed by atoms with Crippen LogP contribution in [0.2, 0.25) is 0 Å². The number of amides is 2. The summed E-state index contributed by atoms with van der Waals surface area (Å²) in [4.78, 5) is 35.8. The van der Waals surface area contributed by atoms with Crippen LogP contribution in [-0.4, -0.2) is 53.9 Å². The van der Waals surface area contributed by atoms with Crippen LogP contribution in [0.4, 0.5) is 10.5 Å². The first kappa shape index (κ1) is 32.4. The Kier molecular flexibility index (Phi) is 12.5. The van der Waals surface area contributed by atoms with Gasteiger partial charge in [-0.1, -0.05) is 60.5 Å². The van der Waals surface area contributed by atoms with Crippen molar-refractivity contribution >= 4 is 17.5 Å². The molecule has 1 aliphatic rings. The number of carbonyl (C=O) groups excluding carboxylic acids is 2. The van der Waals surface area contributed by atoms with Gasteiger partial charge >= 0.3 is 6.03 Å². The van der Waals surface area contributed by atoms with Gasteiger partial charge in [-0.25, -0.2) is 4.79 Å². The molecular formula is C34H52N4O3. The van der Waals surface area contributed by atoms with Crippen molar-refractivity contribution < 1.29 is 14.3 Å². The molecule has 1 fully saturated rings. The second kappa shape index (κ2) is 15.8. The molecule has 1 aliphatic heterocycles. The van der Waals surface area contributed by atoms with E-state index in [0.717, 1.165) is 68.9 Å². The maximum Gasteiger partial charge on any atom is 0.317 e. The topological polar surface area (TPSA) is 74.8 Å². The molecular weight excluding hydrogens is 512 g/mol. The van der Waals surface area contributed by atoms with Crippen LogP contribution in [0.1, 0.15) is 85.8 Å². The van der Waals surface area contributed by atoms with Gasteiger partial charge in [0.2, 0.25) is 0 Å². The summed E-state index contributed by atoms with van der Waals surface area (Å²) in [5.41, 5.74) is 1.29. The Morgan fingerprint density at radius 2 is 1.66 bits per heavy atom. The monoisotopic (exact) mass is 564 g/mol. The average Bonchev–Trinajstić information content (AvgIpc) is 3.24. The minimum absolute atomic E-state index is 0.0965. The van der Waals surface area contributed by atoms with Crippen LogP contribution >= 0.6 is 0 Å². The van der Waals surface area contributed by atoms with Gasteiger partial charge in [0, 0.05) is 43.5 Å². The number of hydrogen-bond acceptors (Lipinski definition) is 5. The zero-order valence-electron chi connectivity index (χ0n) is 26.2. The van der Waals surface area contributed by atoms with E-state index in [9.17, 15) is 9.59 Å². The number of aromatic nitrogens is 1. The highest BCUT2D eigenvalue weighted by molar-refractivity contribution is 5.92. The number of anilines is 1. The molecule has 226 valence electrons. The molecule has 2 heterocycles. The fraction of sp³-hybridized carbons (Fsp3) is 0.618. The van der Waals surface area contributed by atoms with Crippen molar-refractivity contribution in [3.8, 4) is 5.75 Å². The molecule has 1 N–H and O–H groups in total. The van der Waals surface area contributed by atoms with Gasteiger partial charge in [-0.3, -0.25) is 9.78 Å². The van der Waals surface area contributed by atoms with Gasteiger partial charge in [0.25, 0.3) is 0 Å². The number of hydrogen-bond donors (Lipinski definition) is 1. The Morgan fingerprint density at radius 1 is 0.976 bits per heavy atom. The van der Waals surface area contributed by atoms with Crippen LogP contribution in [0.25, 0.3) is 0 Å². The zero-order chi connectivity index (χ0) is 29.8. The zero-order valence-corrected chi connectivity index (χ0v) is 26.2. The number of urea groups is 1. The van der Waals surface area contributed by atoms with Gasteiger partial charge in [-0.2, -0.15) is 0 Å². The normalized spacial score (nSPS) is 15.0. The summed E-state index contributed by atoms with van der Waals surface area (Å²) in [6, 6.07) is 13.3. The first-order chi connectivity index (χ1) is 19.5. The predicted octanol–water partition coefficient (Wildman–Crippen LogP) is 7.11. The van der Waals surface area contributed by atoms with Crippen molar-refractivity contribution in [3.05, 3.63) is 54.4 Å². The SMILES string of the molecule is CC(C)CCN(CC(C)(C)C(=O)C(CC(C)C)NC(=O)N1CCCCCC1)c1ccc(OCc2ccccn2)cc1. The second-order valence-electron chi connectivity index (χ2n) is 13.0. The van der Waals surface area contributed by atoms with Gasteiger partial charge in [0.15, 0.2) is 5.78 Å². The van der Waals surface area contributed by atoms with E-state index in [2.05, 4.69) is 55.0 Å². The first-order valence-electron chi connectivity index (χ1n) is 15.5. The molecule has 1 aromatic carbocycles. The molecule has 1 atom stereocenters. The number of carbonyl (C=O) groups is 2. The van der Waals surface area contributed by atoms with Gasteiger partial charge in [0.05, 0.1) is 11.7 Å². The van der Waals surface area contributed by atoms with Crippen molar-refractivity contribution in [2.24, 2.45) is 17.3 Å². The maximum atomic E-state index is 14.1. The number of rotatable bonds is 14. The lowest BCUT2D eigenvalue weighted by Crippen LogP contribution is -2.53. The van der Waals surface area contributed by atoms with Crippen molar-refractivity contribution in [3.63, 3.8) is 0 Å². The standard InChI is InChI=1S/C34H52N4O3/c1-26(2)18-22-38(29-14-16-30(17-15-29)41-24-28-13-9-10-19-35-28)25-34(5,6)32(39)31(23-27(3)4)36-33(40)37-20-11-7-8-12-21-37/h9-10,13-17,19,26-27,31H,7-8,11-12,18,20-25H2,1-6H3,(H,36,40). The van der Waals surface area contributed by atoms with Crippen LogP contribution in [0.15, 0.2) is 48.7 Å². The Labute approximate surface area is 248 Å². The van der Waals surface area contributed by atoms with Crippen LogP contribution in [0.5, 0.6) is 5.75 Å². The lowest BCUT2D eigenvalue weighted by molar-refractivity contribution is -0.129. The van der Waals surface area contributed by atoms with E-state index >= 15 is 0 Å². The third-order valence-corrected chi connectivity index (χ3v) is 7.76. The highest BCUT2D eigenvalue weighted by Crippen LogP contribution is 2.28. The quantitative estimate of drug-likeness (QED) is 0.265. The molecule has 41 heavy (non-hydrogen) atoms. The van der Waals surface area contributed by atoms with E-state index in [1.165, 1.54) is 0 Å². The summed E-state index contributed by atoms with van der Waals surface area (Å²) >= 11 is 0. The molecule has 0 saturated carbocycles. The molecule has 0 bridgehead atoms. The van der Waals surface area contributed by atoms with Crippen molar-refractivity contribution in [1.29, 1.82) is 0 Å². The number of nitrogens with zero attached hydrogens (tertiary/aromatic N) is 3. The summed E-state index contributed by atoms with van der Waals surface area (Å²) in [6.07, 6.45) is 7.80. The van der Waals surface area contributed by atoms with Crippen molar-refractivity contribution in [1.82, 2.24) is 15.2 Å². The fourth-order valence-electron chi connectivity index (χ4n) is 5.35. The number of Topliss-reactive ketones (excluding diaryl/α,β-unsaturated/α-hetero) is 1. The van der Waals surface area contributed by atoms with E-state index in [-0.39, 0.29) is 11.8 Å². The van der Waals surface area contributed by atoms with Crippen LogP contribution in [-0.2, 0) is 11.4 Å². The van der Waals surface area contributed by atoms with Crippen LogP contribution in [0.3, 0.4) is 0 Å². The summed E-state index contributed by atoms with van der Waals surface area (Å²) in [5, 5.41) is 3.15. The minimum atomic E-state index is -0.656. The minimum Gasteiger partial charge on any atom is -0.487 e. The summed E-state index contributed by atoms with van der Waals surface area (Å²) in [5.74, 6) is 1.71.